The number of rotatable bonds is 3. The highest BCUT2D eigenvalue weighted by atomic mass is 16.6. The van der Waals surface area contributed by atoms with Crippen LogP contribution in [0.5, 0.6) is 0 Å². The number of nitrogens with one attached hydrogen (secondary N) is 1. The summed E-state index contributed by atoms with van der Waals surface area (Å²) in [7, 11) is 0. The van der Waals surface area contributed by atoms with Crippen LogP contribution in [-0.4, -0.2) is 56.1 Å². The number of aromatic nitrogens is 3. The van der Waals surface area contributed by atoms with Crippen LogP contribution in [0.4, 0.5) is 4.79 Å². The minimum Gasteiger partial charge on any atom is -0.444 e. The number of ether oxygens (including phenoxy) is 1. The van der Waals surface area contributed by atoms with Crippen LogP contribution in [0.15, 0.2) is 30.6 Å². The SMILES string of the molecule is Cc1ccc(-n2nccn2)c(C(=O)N2C[C@H](NC(=O)OC(C)(C)C)CC[C@H]2C)c1. The Kier molecular flexibility index (Phi) is 5.91. The third kappa shape index (κ3) is 5.13. The number of carbonyl (C=O) groups is 2. The molecular weight excluding hydrogens is 370 g/mol. The van der Waals surface area contributed by atoms with Crippen molar-refractivity contribution in [3.8, 4) is 5.69 Å². The van der Waals surface area contributed by atoms with Crippen LogP contribution in [0.25, 0.3) is 5.69 Å². The van der Waals surface area contributed by atoms with Gasteiger partial charge in [0.25, 0.3) is 5.91 Å². The zero-order chi connectivity index (χ0) is 21.2. The van der Waals surface area contributed by atoms with Gasteiger partial charge in [-0.05, 0) is 59.6 Å². The van der Waals surface area contributed by atoms with Crippen LogP contribution in [0, 0.1) is 6.92 Å². The standard InChI is InChI=1S/C21H29N5O3/c1-14-6-9-18(26-22-10-11-23-26)17(12-14)19(27)25-13-16(8-7-15(25)2)24-20(28)29-21(3,4)5/h6,9-12,15-16H,7-8,13H2,1-5H3,(H,24,28)/t15-,16-/m1/s1. The summed E-state index contributed by atoms with van der Waals surface area (Å²) in [5.74, 6) is -0.0933. The van der Waals surface area contributed by atoms with Crippen molar-refractivity contribution in [1.29, 1.82) is 0 Å². The fourth-order valence-electron chi connectivity index (χ4n) is 3.47. The largest absolute Gasteiger partial charge is 0.444 e. The number of hydrogen-bond donors (Lipinski definition) is 1. The molecule has 0 aliphatic carbocycles. The number of benzene rings is 1. The van der Waals surface area contributed by atoms with Crippen molar-refractivity contribution in [2.24, 2.45) is 0 Å². The Morgan fingerprint density at radius 2 is 1.86 bits per heavy atom. The van der Waals surface area contributed by atoms with E-state index in [4.69, 9.17) is 4.74 Å². The number of carbonyl (C=O) groups excluding carboxylic acids is 2. The third-order valence-corrected chi connectivity index (χ3v) is 4.88. The van der Waals surface area contributed by atoms with Gasteiger partial charge >= 0.3 is 6.09 Å². The molecule has 2 aromatic rings. The van der Waals surface area contributed by atoms with Crippen molar-refractivity contribution in [3.63, 3.8) is 0 Å². The van der Waals surface area contributed by atoms with Gasteiger partial charge in [-0.2, -0.15) is 15.0 Å². The van der Waals surface area contributed by atoms with Crippen LogP contribution < -0.4 is 5.32 Å². The Balaban J connectivity index is 1.80. The van der Waals surface area contributed by atoms with E-state index in [2.05, 4.69) is 15.5 Å². The van der Waals surface area contributed by atoms with Gasteiger partial charge in [0.15, 0.2) is 0 Å². The van der Waals surface area contributed by atoms with E-state index in [-0.39, 0.29) is 18.0 Å². The second kappa shape index (κ2) is 8.23. The minimum absolute atomic E-state index is 0.0677. The van der Waals surface area contributed by atoms with Gasteiger partial charge < -0.3 is 15.0 Å². The highest BCUT2D eigenvalue weighted by Crippen LogP contribution is 2.24. The summed E-state index contributed by atoms with van der Waals surface area (Å²) in [6.07, 6.45) is 4.30. The van der Waals surface area contributed by atoms with Gasteiger partial charge in [-0.25, -0.2) is 4.79 Å². The van der Waals surface area contributed by atoms with Crippen molar-refractivity contribution in [3.05, 3.63) is 41.7 Å². The molecule has 156 valence electrons. The molecule has 0 bridgehead atoms. The summed E-state index contributed by atoms with van der Waals surface area (Å²) in [5, 5.41) is 11.2. The third-order valence-electron chi connectivity index (χ3n) is 4.88. The van der Waals surface area contributed by atoms with Crippen molar-refractivity contribution in [2.45, 2.75) is 65.1 Å². The molecule has 0 unspecified atom stereocenters. The summed E-state index contributed by atoms with van der Waals surface area (Å²) in [4.78, 5) is 28.9. The molecule has 1 aliphatic rings. The van der Waals surface area contributed by atoms with Crippen LogP contribution in [0.2, 0.25) is 0 Å². The maximum atomic E-state index is 13.5. The van der Waals surface area contributed by atoms with E-state index in [1.807, 2.05) is 57.7 Å². The molecule has 2 amide bonds. The molecule has 2 atom stereocenters. The summed E-state index contributed by atoms with van der Waals surface area (Å²) < 4.78 is 5.36. The Bertz CT molecular complexity index is 873. The number of piperidine rings is 1. The Morgan fingerprint density at radius 3 is 2.52 bits per heavy atom. The lowest BCUT2D eigenvalue weighted by atomic mass is 9.97. The van der Waals surface area contributed by atoms with E-state index >= 15 is 0 Å². The summed E-state index contributed by atoms with van der Waals surface area (Å²) in [5.41, 5.74) is 1.61. The number of alkyl carbamates (subject to hydrolysis) is 1. The first-order chi connectivity index (χ1) is 13.6. The molecule has 29 heavy (non-hydrogen) atoms. The fraction of sp³-hybridized carbons (Fsp3) is 0.524. The van der Waals surface area contributed by atoms with Gasteiger partial charge in [-0.3, -0.25) is 4.79 Å². The molecule has 1 aromatic heterocycles. The van der Waals surface area contributed by atoms with E-state index in [9.17, 15) is 9.59 Å². The molecule has 1 aliphatic heterocycles. The molecule has 1 saturated heterocycles. The predicted molar refractivity (Wildman–Crippen MR) is 109 cm³/mol. The topological polar surface area (TPSA) is 89.4 Å². The first kappa shape index (κ1) is 20.8. The van der Waals surface area contributed by atoms with Crippen molar-refractivity contribution >= 4 is 12.0 Å². The van der Waals surface area contributed by atoms with Gasteiger partial charge in [-0.15, -0.1) is 0 Å². The highest BCUT2D eigenvalue weighted by molar-refractivity contribution is 5.98. The Morgan fingerprint density at radius 1 is 1.17 bits per heavy atom. The monoisotopic (exact) mass is 399 g/mol. The average Bonchev–Trinajstić information content (AvgIpc) is 3.15. The Labute approximate surface area is 171 Å². The van der Waals surface area contributed by atoms with E-state index in [0.717, 1.165) is 18.4 Å². The number of hydrogen-bond acceptors (Lipinski definition) is 5. The summed E-state index contributed by atoms with van der Waals surface area (Å²) >= 11 is 0. The van der Waals surface area contributed by atoms with Gasteiger partial charge in [0.05, 0.1) is 23.6 Å². The highest BCUT2D eigenvalue weighted by Gasteiger charge is 2.32. The van der Waals surface area contributed by atoms with Crippen molar-refractivity contribution < 1.29 is 14.3 Å². The molecular formula is C21H29N5O3. The van der Waals surface area contributed by atoms with Crippen LogP contribution in [-0.2, 0) is 4.74 Å². The van der Waals surface area contributed by atoms with Crippen LogP contribution in [0.1, 0.15) is 56.5 Å². The number of likely N-dealkylation sites (tertiary alicyclic amines) is 1. The zero-order valence-corrected chi connectivity index (χ0v) is 17.7. The van der Waals surface area contributed by atoms with Crippen molar-refractivity contribution in [2.75, 3.05) is 6.54 Å². The first-order valence-electron chi connectivity index (χ1n) is 9.92. The van der Waals surface area contributed by atoms with E-state index < -0.39 is 11.7 Å². The maximum Gasteiger partial charge on any atom is 0.407 e. The molecule has 1 fully saturated rings. The lowest BCUT2D eigenvalue weighted by Crippen LogP contribution is -2.53. The quantitative estimate of drug-likeness (QED) is 0.857. The normalized spacial score (nSPS) is 19.7. The average molecular weight is 399 g/mol. The lowest BCUT2D eigenvalue weighted by molar-refractivity contribution is 0.0412. The molecule has 3 rings (SSSR count). The summed E-state index contributed by atoms with van der Waals surface area (Å²) in [6.45, 7) is 9.89. The molecule has 2 heterocycles. The number of aryl methyl sites for hydroxylation is 1. The lowest BCUT2D eigenvalue weighted by Gasteiger charge is -2.38. The number of nitrogens with zero attached hydrogens (tertiary/aromatic N) is 4. The minimum atomic E-state index is -0.561. The van der Waals surface area contributed by atoms with Gasteiger partial charge in [0, 0.05) is 18.6 Å². The fourth-order valence-corrected chi connectivity index (χ4v) is 3.47. The molecule has 8 nitrogen and oxygen atoms in total. The van der Waals surface area contributed by atoms with E-state index in [1.54, 1.807) is 12.4 Å². The maximum absolute atomic E-state index is 13.5. The Hall–Kier alpha value is -2.90. The second-order valence-corrected chi connectivity index (χ2v) is 8.57. The summed E-state index contributed by atoms with van der Waals surface area (Å²) in [6, 6.07) is 5.56. The first-order valence-corrected chi connectivity index (χ1v) is 9.92. The molecule has 1 N–H and O–H groups in total. The van der Waals surface area contributed by atoms with E-state index in [1.165, 1.54) is 4.80 Å². The number of amides is 2. The van der Waals surface area contributed by atoms with Crippen LogP contribution >= 0.6 is 0 Å². The zero-order valence-electron chi connectivity index (χ0n) is 17.7. The molecule has 1 aromatic carbocycles. The van der Waals surface area contributed by atoms with Gasteiger partial charge in [-0.1, -0.05) is 11.6 Å². The van der Waals surface area contributed by atoms with Crippen molar-refractivity contribution in [1.82, 2.24) is 25.2 Å². The van der Waals surface area contributed by atoms with Gasteiger partial charge in [0.1, 0.15) is 5.60 Å². The van der Waals surface area contributed by atoms with Crippen LogP contribution in [0.3, 0.4) is 0 Å². The smallest absolute Gasteiger partial charge is 0.407 e. The second-order valence-electron chi connectivity index (χ2n) is 8.57. The molecule has 8 heteroatoms. The van der Waals surface area contributed by atoms with Gasteiger partial charge in [0.2, 0.25) is 0 Å². The molecule has 0 radical (unpaired) electrons. The molecule has 0 spiro atoms. The van der Waals surface area contributed by atoms with E-state index in [0.29, 0.717) is 17.8 Å². The molecule has 0 saturated carbocycles. The predicted octanol–water partition coefficient (Wildman–Crippen LogP) is 3.09.